The van der Waals surface area contributed by atoms with Crippen molar-refractivity contribution in [2.45, 2.75) is 33.2 Å². The summed E-state index contributed by atoms with van der Waals surface area (Å²) in [5.74, 6) is 1.60. The van der Waals surface area contributed by atoms with Gasteiger partial charge in [0.1, 0.15) is 5.58 Å². The summed E-state index contributed by atoms with van der Waals surface area (Å²) in [4.78, 5) is 4.38. The third-order valence-corrected chi connectivity index (χ3v) is 3.62. The van der Waals surface area contributed by atoms with Gasteiger partial charge in [0.2, 0.25) is 11.7 Å². The molecule has 0 spiro atoms. The van der Waals surface area contributed by atoms with Gasteiger partial charge < -0.3 is 14.7 Å². The maximum Gasteiger partial charge on any atom is 0.238 e. The minimum absolute atomic E-state index is 0.00596. The summed E-state index contributed by atoms with van der Waals surface area (Å²) in [6.07, 6.45) is 0.552. The molecule has 3 rings (SSSR count). The molecule has 0 bridgehead atoms. The van der Waals surface area contributed by atoms with Crippen LogP contribution in [0.25, 0.3) is 22.6 Å². The topological polar surface area (TPSA) is 78.1 Å². The number of rotatable bonds is 3. The van der Waals surface area contributed by atoms with Crippen molar-refractivity contribution in [2.24, 2.45) is 11.1 Å². The average Bonchev–Trinajstić information content (AvgIpc) is 3.02. The summed E-state index contributed by atoms with van der Waals surface area (Å²) in [7, 11) is 0. The molecule has 0 aliphatic rings. The van der Waals surface area contributed by atoms with Crippen LogP contribution in [0.15, 0.2) is 39.3 Å². The first kappa shape index (κ1) is 13.8. The summed E-state index contributed by atoms with van der Waals surface area (Å²) in [5, 5.41) is 5.00. The van der Waals surface area contributed by atoms with Gasteiger partial charge in [-0.3, -0.25) is 0 Å². The lowest BCUT2D eigenvalue weighted by Crippen LogP contribution is -2.36. The van der Waals surface area contributed by atoms with Gasteiger partial charge in [-0.2, -0.15) is 4.98 Å². The lowest BCUT2D eigenvalue weighted by molar-refractivity contribution is 0.286. The van der Waals surface area contributed by atoms with Crippen molar-refractivity contribution >= 4 is 11.0 Å². The van der Waals surface area contributed by atoms with Crippen LogP contribution < -0.4 is 5.73 Å². The van der Waals surface area contributed by atoms with E-state index in [1.165, 1.54) is 0 Å². The van der Waals surface area contributed by atoms with E-state index in [1.54, 1.807) is 0 Å². The fourth-order valence-corrected chi connectivity index (χ4v) is 2.02. The zero-order chi connectivity index (χ0) is 15.0. The quantitative estimate of drug-likeness (QED) is 0.798. The second kappa shape index (κ2) is 5.00. The highest BCUT2D eigenvalue weighted by atomic mass is 16.5. The second-order valence-corrected chi connectivity index (χ2v) is 6.34. The van der Waals surface area contributed by atoms with Crippen LogP contribution >= 0.6 is 0 Å². The van der Waals surface area contributed by atoms with Crippen molar-refractivity contribution in [3.63, 3.8) is 0 Å². The third-order valence-electron chi connectivity index (χ3n) is 3.62. The van der Waals surface area contributed by atoms with Gasteiger partial charge in [0.25, 0.3) is 0 Å². The summed E-state index contributed by atoms with van der Waals surface area (Å²) in [6.45, 7) is 6.27. The lowest BCUT2D eigenvalue weighted by Gasteiger charge is -2.25. The molecule has 5 nitrogen and oxygen atoms in total. The molecule has 21 heavy (non-hydrogen) atoms. The van der Waals surface area contributed by atoms with Crippen molar-refractivity contribution in [1.82, 2.24) is 10.1 Å². The number of nitrogens with zero attached hydrogens (tertiary/aromatic N) is 2. The minimum Gasteiger partial charge on any atom is -0.453 e. The van der Waals surface area contributed by atoms with E-state index < -0.39 is 0 Å². The zero-order valence-electron chi connectivity index (χ0n) is 12.5. The summed E-state index contributed by atoms with van der Waals surface area (Å²) < 4.78 is 11.0. The Hall–Kier alpha value is -2.14. The van der Waals surface area contributed by atoms with E-state index in [2.05, 4.69) is 30.9 Å². The molecule has 0 radical (unpaired) electrons. The SMILES string of the molecule is CC(C)(C)C(N)Cc1nc(-c2cc3ccccc3o2)no1. The molecule has 1 atom stereocenters. The van der Waals surface area contributed by atoms with Crippen LogP contribution in [0.4, 0.5) is 0 Å². The Morgan fingerprint density at radius 1 is 1.24 bits per heavy atom. The Balaban J connectivity index is 1.84. The van der Waals surface area contributed by atoms with Gasteiger partial charge >= 0.3 is 0 Å². The van der Waals surface area contributed by atoms with Crippen molar-refractivity contribution in [2.75, 3.05) is 0 Å². The Kier molecular flexibility index (Phi) is 3.29. The first-order chi connectivity index (χ1) is 9.93. The van der Waals surface area contributed by atoms with Crippen LogP contribution in [0.5, 0.6) is 0 Å². The molecule has 2 N–H and O–H groups in total. The Morgan fingerprint density at radius 3 is 2.71 bits per heavy atom. The molecular weight excluding hydrogens is 266 g/mol. The van der Waals surface area contributed by atoms with Gasteiger partial charge in [0, 0.05) is 17.8 Å². The maximum atomic E-state index is 6.14. The molecule has 0 saturated heterocycles. The van der Waals surface area contributed by atoms with Gasteiger partial charge in [-0.25, -0.2) is 0 Å². The van der Waals surface area contributed by atoms with Crippen molar-refractivity contribution in [3.8, 4) is 11.6 Å². The van der Waals surface area contributed by atoms with E-state index in [0.29, 0.717) is 23.9 Å². The highest BCUT2D eigenvalue weighted by Crippen LogP contribution is 2.26. The Labute approximate surface area is 123 Å². The van der Waals surface area contributed by atoms with Gasteiger partial charge in [0.15, 0.2) is 5.76 Å². The third kappa shape index (κ3) is 2.83. The predicted molar refractivity (Wildman–Crippen MR) is 80.6 cm³/mol. The van der Waals surface area contributed by atoms with Crippen LogP contribution in [0.2, 0.25) is 0 Å². The number of aromatic nitrogens is 2. The van der Waals surface area contributed by atoms with Gasteiger partial charge in [-0.05, 0) is 17.5 Å². The molecule has 110 valence electrons. The van der Waals surface area contributed by atoms with Crippen LogP contribution in [0, 0.1) is 5.41 Å². The number of benzene rings is 1. The van der Waals surface area contributed by atoms with E-state index in [1.807, 2.05) is 30.3 Å². The largest absolute Gasteiger partial charge is 0.453 e. The standard InChI is InChI=1S/C16H19N3O2/c1-16(2,3)13(17)9-14-18-15(19-21-14)12-8-10-6-4-5-7-11(10)20-12/h4-8,13H,9,17H2,1-3H3. The summed E-state index contributed by atoms with van der Waals surface area (Å²) >= 11 is 0. The normalized spacial score (nSPS) is 13.7. The first-order valence-corrected chi connectivity index (χ1v) is 7.00. The smallest absolute Gasteiger partial charge is 0.238 e. The number of nitrogens with two attached hydrogens (primary N) is 1. The molecule has 2 aromatic heterocycles. The van der Waals surface area contributed by atoms with Gasteiger partial charge in [0.05, 0.1) is 0 Å². The van der Waals surface area contributed by atoms with Crippen molar-refractivity contribution in [3.05, 3.63) is 36.2 Å². The monoisotopic (exact) mass is 285 g/mol. The van der Waals surface area contributed by atoms with Crippen molar-refractivity contribution < 1.29 is 8.94 Å². The fraction of sp³-hybridized carbons (Fsp3) is 0.375. The highest BCUT2D eigenvalue weighted by molar-refractivity contribution is 5.81. The Morgan fingerprint density at radius 2 is 2.00 bits per heavy atom. The van der Waals surface area contributed by atoms with Crippen LogP contribution in [-0.2, 0) is 6.42 Å². The number of hydrogen-bond donors (Lipinski definition) is 1. The summed E-state index contributed by atoms with van der Waals surface area (Å²) in [6, 6.07) is 9.66. The molecule has 1 unspecified atom stereocenters. The van der Waals surface area contributed by atoms with Crippen LogP contribution in [0.1, 0.15) is 26.7 Å². The molecular formula is C16H19N3O2. The van der Waals surface area contributed by atoms with E-state index in [-0.39, 0.29) is 11.5 Å². The van der Waals surface area contributed by atoms with Gasteiger partial charge in [-0.1, -0.05) is 44.1 Å². The minimum atomic E-state index is -0.0403. The van der Waals surface area contributed by atoms with E-state index in [4.69, 9.17) is 14.7 Å². The fourth-order valence-electron chi connectivity index (χ4n) is 2.02. The molecule has 0 fully saturated rings. The van der Waals surface area contributed by atoms with E-state index in [0.717, 1.165) is 11.0 Å². The second-order valence-electron chi connectivity index (χ2n) is 6.34. The zero-order valence-corrected chi connectivity index (χ0v) is 12.5. The van der Waals surface area contributed by atoms with Crippen LogP contribution in [-0.4, -0.2) is 16.2 Å². The molecule has 3 aromatic rings. The number of hydrogen-bond acceptors (Lipinski definition) is 5. The maximum absolute atomic E-state index is 6.14. The van der Waals surface area contributed by atoms with Crippen molar-refractivity contribution in [1.29, 1.82) is 0 Å². The van der Waals surface area contributed by atoms with E-state index >= 15 is 0 Å². The molecule has 1 aromatic carbocycles. The molecule has 5 heteroatoms. The lowest BCUT2D eigenvalue weighted by atomic mass is 9.85. The number of fused-ring (bicyclic) bond motifs is 1. The van der Waals surface area contributed by atoms with Crippen LogP contribution in [0.3, 0.4) is 0 Å². The first-order valence-electron chi connectivity index (χ1n) is 7.00. The molecule has 0 saturated carbocycles. The highest BCUT2D eigenvalue weighted by Gasteiger charge is 2.24. The number of furan rings is 1. The predicted octanol–water partition coefficient (Wildman–Crippen LogP) is 3.40. The molecule has 2 heterocycles. The number of para-hydroxylation sites is 1. The van der Waals surface area contributed by atoms with Gasteiger partial charge in [-0.15, -0.1) is 0 Å². The van der Waals surface area contributed by atoms with E-state index in [9.17, 15) is 0 Å². The molecule has 0 amide bonds. The molecule has 0 aliphatic heterocycles. The average molecular weight is 285 g/mol. The summed E-state index contributed by atoms with van der Waals surface area (Å²) in [5.41, 5.74) is 6.95. The molecule has 0 aliphatic carbocycles. The Bertz CT molecular complexity index is 719.